The van der Waals surface area contributed by atoms with Gasteiger partial charge in [-0.3, -0.25) is 14.4 Å². The zero-order chi connectivity index (χ0) is 38.5. The van der Waals surface area contributed by atoms with Gasteiger partial charge in [-0.2, -0.15) is 0 Å². The van der Waals surface area contributed by atoms with E-state index < -0.39 is 35.5 Å². The third-order valence-electron chi connectivity index (χ3n) is 9.16. The normalized spacial score (nSPS) is 20.1. The van der Waals surface area contributed by atoms with Crippen molar-refractivity contribution >= 4 is 53.2 Å². The Bertz CT molecular complexity index is 1390. The zero-order valence-corrected chi connectivity index (χ0v) is 33.0. The van der Waals surface area contributed by atoms with Crippen molar-refractivity contribution in [2.75, 3.05) is 51.8 Å². The molecule has 3 aliphatic rings. The van der Waals surface area contributed by atoms with Gasteiger partial charge in [-0.05, 0) is 93.2 Å². The Balaban J connectivity index is 0.000000673. The number of halogens is 1. The van der Waals surface area contributed by atoms with E-state index in [0.29, 0.717) is 51.9 Å². The Labute approximate surface area is 299 Å². The van der Waals surface area contributed by atoms with Crippen molar-refractivity contribution < 1.29 is 40.8 Å². The molecule has 0 aromatic rings. The van der Waals surface area contributed by atoms with Gasteiger partial charge >= 0.3 is 6.09 Å². The fraction of sp³-hybridized carbons (Fsp3) is 0.706. The van der Waals surface area contributed by atoms with E-state index in [-0.39, 0.29) is 28.9 Å². The number of likely N-dealkylation sites (tertiary alicyclic amines) is 1. The number of carbonyl (C=O) groups is 4. The number of carbonyl (C=O) groups excluding carboxylic acids is 4. The molecule has 3 heterocycles. The van der Waals surface area contributed by atoms with Crippen LogP contribution < -0.4 is 5.32 Å². The monoisotopic (exact) mass is 751 g/mol. The number of hydrogen-bond donors (Lipinski definition) is 1. The van der Waals surface area contributed by atoms with Gasteiger partial charge < -0.3 is 15.0 Å². The molecule has 0 saturated carbocycles. The number of ether oxygens (including phenoxy) is 1. The van der Waals surface area contributed by atoms with Gasteiger partial charge in [0.15, 0.2) is 0 Å². The maximum Gasteiger partial charge on any atom is 0.410 e. The molecule has 0 unspecified atom stereocenters. The molecule has 3 aliphatic heterocycles. The van der Waals surface area contributed by atoms with Gasteiger partial charge in [0.25, 0.3) is 0 Å². The second-order valence-corrected chi connectivity index (χ2v) is 18.8. The molecule has 282 valence electrons. The van der Waals surface area contributed by atoms with Crippen LogP contribution in [0.2, 0.25) is 0 Å². The van der Waals surface area contributed by atoms with Gasteiger partial charge in [-0.25, -0.2) is 25.9 Å². The van der Waals surface area contributed by atoms with E-state index in [1.54, 1.807) is 30.9 Å². The van der Waals surface area contributed by atoms with Gasteiger partial charge in [0.1, 0.15) is 23.0 Å². The summed E-state index contributed by atoms with van der Waals surface area (Å²) in [5.41, 5.74) is -1.67. The first kappa shape index (κ1) is 46.6. The highest BCUT2D eigenvalue weighted by molar-refractivity contribution is 8.13. The molecular formula is C34H58ClN3O9S2. The molecule has 0 spiro atoms. The highest BCUT2D eigenvalue weighted by atomic mass is 35.7. The van der Waals surface area contributed by atoms with Crippen LogP contribution in [-0.4, -0.2) is 107 Å². The standard InChI is InChI=1S/C14H23NO3.C10H17NO3S.C9H15NO.CH3ClO2S/c1-6-14(11(2)16)7-9-15(10-8-14)12(17)18-13(3,4)5;1-4-10(9(2)12)5-7-11(8-6-10)15(3,13)14;1-3-9(8(2)11)4-6-10-7-5-9;1-5(2,3)4/h6H,1,7-10H2,2-5H3;4H,1,5-8H2,2-3H3;3,10H,1,4-7H2,2H3;1H3. The number of Topliss-reactive ketones (excluding diaryl/α,β-unsaturated/α-hetero) is 3. The SMILES string of the molecule is C=CC1(C(C)=O)CCN(C(=O)OC(C)(C)C)CC1.C=CC1(C(C)=O)CCN(S(C)(=O)=O)CC1.C=CC1(C(C)=O)CCNCC1.CS(=O)(=O)Cl. The minimum absolute atomic E-state index is 0.0747. The predicted molar refractivity (Wildman–Crippen MR) is 195 cm³/mol. The highest BCUT2D eigenvalue weighted by Gasteiger charge is 2.39. The lowest BCUT2D eigenvalue weighted by Gasteiger charge is -2.38. The maximum absolute atomic E-state index is 11.9. The van der Waals surface area contributed by atoms with Crippen molar-refractivity contribution in [3.8, 4) is 0 Å². The molecule has 0 atom stereocenters. The number of allylic oxidation sites excluding steroid dienone is 3. The van der Waals surface area contributed by atoms with Crippen LogP contribution in [0.1, 0.15) is 80.1 Å². The fourth-order valence-electron chi connectivity index (χ4n) is 5.60. The number of amides is 1. The largest absolute Gasteiger partial charge is 0.444 e. The Morgan fingerprint density at radius 2 is 1.00 bits per heavy atom. The Morgan fingerprint density at radius 3 is 1.24 bits per heavy atom. The quantitative estimate of drug-likeness (QED) is 0.280. The van der Waals surface area contributed by atoms with Crippen LogP contribution in [-0.2, 0) is 38.2 Å². The number of sulfonamides is 1. The minimum Gasteiger partial charge on any atom is -0.444 e. The van der Waals surface area contributed by atoms with Crippen molar-refractivity contribution in [1.82, 2.24) is 14.5 Å². The molecule has 0 radical (unpaired) electrons. The van der Waals surface area contributed by atoms with Crippen LogP contribution in [0.5, 0.6) is 0 Å². The van der Waals surface area contributed by atoms with E-state index in [1.165, 1.54) is 17.5 Å². The first-order valence-corrected chi connectivity index (χ1v) is 20.8. The van der Waals surface area contributed by atoms with Gasteiger partial charge in [-0.15, -0.1) is 19.7 Å². The van der Waals surface area contributed by atoms with E-state index in [0.717, 1.165) is 32.2 Å². The van der Waals surface area contributed by atoms with Crippen molar-refractivity contribution in [2.24, 2.45) is 16.2 Å². The minimum atomic E-state index is -3.19. The van der Waals surface area contributed by atoms with Crippen molar-refractivity contribution in [3.63, 3.8) is 0 Å². The van der Waals surface area contributed by atoms with E-state index in [2.05, 4.69) is 35.7 Å². The summed E-state index contributed by atoms with van der Waals surface area (Å²) in [5, 5.41) is 3.23. The molecule has 0 aliphatic carbocycles. The first-order valence-electron chi connectivity index (χ1n) is 16.2. The topological polar surface area (TPSA) is 164 Å². The summed E-state index contributed by atoms with van der Waals surface area (Å²) in [6.45, 7) is 25.3. The van der Waals surface area contributed by atoms with Crippen LogP contribution in [0.25, 0.3) is 0 Å². The average molecular weight is 752 g/mol. The third kappa shape index (κ3) is 16.0. The van der Waals surface area contributed by atoms with Crippen LogP contribution in [0.15, 0.2) is 38.0 Å². The molecule has 3 saturated heterocycles. The fourth-order valence-corrected chi connectivity index (χ4v) is 6.45. The molecule has 0 aromatic heterocycles. The van der Waals surface area contributed by atoms with Gasteiger partial charge in [0.05, 0.1) is 12.5 Å². The second kappa shape index (κ2) is 19.3. The molecule has 12 nitrogen and oxygen atoms in total. The molecule has 15 heteroatoms. The molecule has 0 bridgehead atoms. The van der Waals surface area contributed by atoms with Crippen LogP contribution >= 0.6 is 10.7 Å². The molecule has 3 rings (SSSR count). The van der Waals surface area contributed by atoms with Gasteiger partial charge in [-0.1, -0.05) is 18.2 Å². The van der Waals surface area contributed by atoms with E-state index in [9.17, 15) is 36.0 Å². The number of nitrogens with zero attached hydrogens (tertiary/aromatic N) is 2. The highest BCUT2D eigenvalue weighted by Crippen LogP contribution is 2.35. The van der Waals surface area contributed by atoms with Crippen molar-refractivity contribution in [2.45, 2.75) is 85.7 Å². The number of nitrogens with one attached hydrogen (secondary N) is 1. The maximum atomic E-state index is 11.9. The lowest BCUT2D eigenvalue weighted by molar-refractivity contribution is -0.126. The summed E-state index contributed by atoms with van der Waals surface area (Å²) < 4.78 is 48.1. The lowest BCUT2D eigenvalue weighted by Crippen LogP contribution is -2.46. The molecule has 1 N–H and O–H groups in total. The molecule has 49 heavy (non-hydrogen) atoms. The van der Waals surface area contributed by atoms with Crippen LogP contribution in [0, 0.1) is 16.2 Å². The number of hydrogen-bond acceptors (Lipinski definition) is 10. The summed E-state index contributed by atoms with van der Waals surface area (Å²) in [6, 6.07) is 0. The Kier molecular flexibility index (Phi) is 18.3. The molecule has 1 amide bonds. The number of piperidine rings is 3. The van der Waals surface area contributed by atoms with Crippen molar-refractivity contribution in [1.29, 1.82) is 0 Å². The summed E-state index contributed by atoms with van der Waals surface area (Å²) in [6.07, 6.45) is 11.2. The van der Waals surface area contributed by atoms with Gasteiger partial charge in [0.2, 0.25) is 19.1 Å². The molecule has 0 aromatic carbocycles. The predicted octanol–water partition coefficient (Wildman–Crippen LogP) is 4.90. The summed E-state index contributed by atoms with van der Waals surface area (Å²) in [7, 11) is -1.81. The summed E-state index contributed by atoms with van der Waals surface area (Å²) in [4.78, 5) is 47.9. The molecular weight excluding hydrogens is 694 g/mol. The lowest BCUT2D eigenvalue weighted by atomic mass is 9.75. The van der Waals surface area contributed by atoms with Crippen LogP contribution in [0.3, 0.4) is 0 Å². The first-order chi connectivity index (χ1) is 22.2. The number of ketones is 3. The van der Waals surface area contributed by atoms with E-state index in [4.69, 9.17) is 4.74 Å². The third-order valence-corrected chi connectivity index (χ3v) is 10.5. The second-order valence-electron chi connectivity index (χ2n) is 13.8. The van der Waals surface area contributed by atoms with E-state index >= 15 is 0 Å². The van der Waals surface area contributed by atoms with Crippen LogP contribution in [0.4, 0.5) is 4.79 Å². The molecule has 3 fully saturated rings. The summed E-state index contributed by atoms with van der Waals surface area (Å²) >= 11 is 0. The van der Waals surface area contributed by atoms with Crippen molar-refractivity contribution in [3.05, 3.63) is 38.0 Å². The smallest absolute Gasteiger partial charge is 0.410 e. The van der Waals surface area contributed by atoms with Gasteiger partial charge in [0, 0.05) is 53.1 Å². The zero-order valence-electron chi connectivity index (χ0n) is 30.6. The summed E-state index contributed by atoms with van der Waals surface area (Å²) in [5.74, 6) is 0.459. The number of rotatable bonds is 7. The average Bonchev–Trinajstić information content (AvgIpc) is 2.99. The van der Waals surface area contributed by atoms with E-state index in [1.807, 2.05) is 26.8 Å². The Morgan fingerprint density at radius 1 is 0.694 bits per heavy atom. The Hall–Kier alpha value is -2.39.